The number of amides is 1. The number of ether oxygens (including phenoxy) is 1. The van der Waals surface area contributed by atoms with Crippen LogP contribution in [-0.2, 0) is 17.6 Å². The second-order valence-corrected chi connectivity index (χ2v) is 4.27. The number of nitrogens with one attached hydrogen (secondary N) is 1. The van der Waals surface area contributed by atoms with Gasteiger partial charge in [0, 0.05) is 0 Å². The minimum atomic E-state index is -1.10. The summed E-state index contributed by atoms with van der Waals surface area (Å²) in [5.41, 5.74) is 2.52. The van der Waals surface area contributed by atoms with E-state index in [9.17, 15) is 9.59 Å². The molecule has 5 heteroatoms. The molecule has 0 atom stereocenters. The van der Waals surface area contributed by atoms with Crippen molar-refractivity contribution in [2.45, 2.75) is 25.7 Å². The lowest BCUT2D eigenvalue weighted by molar-refractivity contribution is -0.135. The number of carboxylic acids is 1. The second-order valence-electron chi connectivity index (χ2n) is 4.27. The van der Waals surface area contributed by atoms with E-state index in [0.717, 1.165) is 19.3 Å². The number of fused-ring (bicyclic) bond motifs is 1. The summed E-state index contributed by atoms with van der Waals surface area (Å²) in [6.45, 7) is -0.441. The molecule has 0 fully saturated rings. The molecule has 1 aromatic rings. The van der Waals surface area contributed by atoms with Gasteiger partial charge in [0.1, 0.15) is 12.3 Å². The molecule has 0 heterocycles. The van der Waals surface area contributed by atoms with E-state index in [2.05, 4.69) is 5.32 Å². The number of rotatable bonds is 3. The third-order valence-electron chi connectivity index (χ3n) is 2.91. The van der Waals surface area contributed by atoms with Crippen LogP contribution in [0.1, 0.15) is 24.0 Å². The van der Waals surface area contributed by atoms with Gasteiger partial charge < -0.3 is 15.2 Å². The summed E-state index contributed by atoms with van der Waals surface area (Å²) in [4.78, 5) is 21.6. The topological polar surface area (TPSA) is 75.6 Å². The Hall–Kier alpha value is -2.04. The van der Waals surface area contributed by atoms with Gasteiger partial charge in [0.2, 0.25) is 0 Å². The van der Waals surface area contributed by atoms with Crippen LogP contribution >= 0.6 is 0 Å². The molecule has 0 bridgehead atoms. The number of aliphatic carboxylic acids is 1. The first kappa shape index (κ1) is 12.4. The summed E-state index contributed by atoms with van der Waals surface area (Å²) in [6, 6.07) is 5.56. The van der Waals surface area contributed by atoms with E-state index in [1.165, 1.54) is 17.5 Å². The average molecular weight is 249 g/mol. The standard InChI is InChI=1S/C13H15NO4/c15-12(16)8-14-13(17)18-11-6-5-9-3-1-2-4-10(9)7-11/h5-7H,1-4,8H2,(H,14,17)(H,15,16). The largest absolute Gasteiger partial charge is 0.480 e. The first-order chi connectivity index (χ1) is 8.65. The third-order valence-corrected chi connectivity index (χ3v) is 2.91. The summed E-state index contributed by atoms with van der Waals surface area (Å²) < 4.78 is 5.02. The van der Waals surface area contributed by atoms with Gasteiger partial charge in [0.15, 0.2) is 0 Å². The van der Waals surface area contributed by atoms with Crippen molar-refractivity contribution < 1.29 is 19.4 Å². The predicted molar refractivity (Wildman–Crippen MR) is 64.7 cm³/mol. The van der Waals surface area contributed by atoms with Crippen LogP contribution in [0.3, 0.4) is 0 Å². The summed E-state index contributed by atoms with van der Waals surface area (Å²) in [6.07, 6.45) is 3.69. The van der Waals surface area contributed by atoms with Crippen LogP contribution < -0.4 is 10.1 Å². The van der Waals surface area contributed by atoms with Crippen LogP contribution in [0.2, 0.25) is 0 Å². The van der Waals surface area contributed by atoms with E-state index in [1.54, 1.807) is 6.07 Å². The zero-order valence-electron chi connectivity index (χ0n) is 9.94. The van der Waals surface area contributed by atoms with E-state index in [-0.39, 0.29) is 0 Å². The summed E-state index contributed by atoms with van der Waals surface area (Å²) in [5, 5.41) is 10.6. The number of carbonyl (C=O) groups excluding carboxylic acids is 1. The Morgan fingerprint density at radius 1 is 1.22 bits per heavy atom. The quantitative estimate of drug-likeness (QED) is 0.855. The summed E-state index contributed by atoms with van der Waals surface area (Å²) in [5.74, 6) is -0.643. The highest BCUT2D eigenvalue weighted by Gasteiger charge is 2.12. The van der Waals surface area contributed by atoms with Crippen LogP contribution in [0.25, 0.3) is 0 Å². The smallest absolute Gasteiger partial charge is 0.413 e. The van der Waals surface area contributed by atoms with Crippen LogP contribution in [-0.4, -0.2) is 23.7 Å². The number of carbonyl (C=O) groups is 2. The highest BCUT2D eigenvalue weighted by molar-refractivity contribution is 5.77. The molecule has 0 saturated carbocycles. The first-order valence-electron chi connectivity index (χ1n) is 5.94. The Balaban J connectivity index is 1.97. The monoisotopic (exact) mass is 249 g/mol. The maximum absolute atomic E-state index is 11.3. The van der Waals surface area contributed by atoms with Crippen LogP contribution in [0, 0.1) is 0 Å². The molecule has 5 nitrogen and oxygen atoms in total. The molecule has 18 heavy (non-hydrogen) atoms. The van der Waals surface area contributed by atoms with Crippen molar-refractivity contribution in [2.24, 2.45) is 0 Å². The van der Waals surface area contributed by atoms with Gasteiger partial charge in [-0.05, 0) is 48.9 Å². The van der Waals surface area contributed by atoms with Gasteiger partial charge in [-0.3, -0.25) is 4.79 Å². The molecule has 1 aliphatic rings. The Labute approximate surface area is 105 Å². The zero-order chi connectivity index (χ0) is 13.0. The van der Waals surface area contributed by atoms with Gasteiger partial charge in [-0.2, -0.15) is 0 Å². The molecule has 0 aliphatic heterocycles. The molecule has 0 spiro atoms. The van der Waals surface area contributed by atoms with Gasteiger partial charge in [-0.25, -0.2) is 4.79 Å². The predicted octanol–water partition coefficient (Wildman–Crippen LogP) is 1.74. The van der Waals surface area contributed by atoms with Gasteiger partial charge in [0.25, 0.3) is 0 Å². The van der Waals surface area contributed by atoms with Crippen molar-refractivity contribution in [1.29, 1.82) is 0 Å². The lowest BCUT2D eigenvalue weighted by Crippen LogP contribution is -2.31. The number of aryl methyl sites for hydroxylation is 2. The molecule has 1 aromatic carbocycles. The molecule has 0 radical (unpaired) electrons. The maximum Gasteiger partial charge on any atom is 0.413 e. The van der Waals surface area contributed by atoms with Crippen LogP contribution in [0.15, 0.2) is 18.2 Å². The van der Waals surface area contributed by atoms with Crippen molar-refractivity contribution >= 4 is 12.1 Å². The van der Waals surface area contributed by atoms with Gasteiger partial charge in [0.05, 0.1) is 0 Å². The van der Waals surface area contributed by atoms with Crippen LogP contribution in [0.5, 0.6) is 5.75 Å². The Morgan fingerprint density at radius 2 is 1.94 bits per heavy atom. The minimum Gasteiger partial charge on any atom is -0.480 e. The van der Waals surface area contributed by atoms with Gasteiger partial charge >= 0.3 is 12.1 Å². The van der Waals surface area contributed by atoms with Crippen molar-refractivity contribution in [3.8, 4) is 5.75 Å². The molecule has 1 aliphatic carbocycles. The highest BCUT2D eigenvalue weighted by atomic mass is 16.6. The Bertz CT molecular complexity index is 470. The molecule has 96 valence electrons. The van der Waals surface area contributed by atoms with Gasteiger partial charge in [-0.15, -0.1) is 0 Å². The summed E-state index contributed by atoms with van der Waals surface area (Å²) >= 11 is 0. The fraction of sp³-hybridized carbons (Fsp3) is 0.385. The average Bonchev–Trinajstić information content (AvgIpc) is 2.36. The van der Waals surface area contributed by atoms with Gasteiger partial charge in [-0.1, -0.05) is 6.07 Å². The van der Waals surface area contributed by atoms with Crippen molar-refractivity contribution in [1.82, 2.24) is 5.32 Å². The number of hydrogen-bond donors (Lipinski definition) is 2. The van der Waals surface area contributed by atoms with Crippen molar-refractivity contribution in [3.05, 3.63) is 29.3 Å². The minimum absolute atomic E-state index is 0.441. The lowest BCUT2D eigenvalue weighted by Gasteiger charge is -2.16. The lowest BCUT2D eigenvalue weighted by atomic mass is 9.92. The maximum atomic E-state index is 11.3. The van der Waals surface area contributed by atoms with E-state index >= 15 is 0 Å². The van der Waals surface area contributed by atoms with Crippen molar-refractivity contribution in [2.75, 3.05) is 6.54 Å². The molecule has 0 unspecified atom stereocenters. The molecular formula is C13H15NO4. The zero-order valence-corrected chi connectivity index (χ0v) is 9.94. The number of hydrogen-bond acceptors (Lipinski definition) is 3. The summed E-state index contributed by atoms with van der Waals surface area (Å²) in [7, 11) is 0. The third kappa shape index (κ3) is 3.23. The first-order valence-corrected chi connectivity index (χ1v) is 5.94. The fourth-order valence-electron chi connectivity index (χ4n) is 2.06. The number of carboxylic acid groups (broad SMARTS) is 1. The Morgan fingerprint density at radius 3 is 2.67 bits per heavy atom. The molecule has 2 N–H and O–H groups in total. The van der Waals surface area contributed by atoms with E-state index < -0.39 is 18.6 Å². The molecule has 0 saturated heterocycles. The van der Waals surface area contributed by atoms with Crippen LogP contribution in [0.4, 0.5) is 4.79 Å². The molecule has 2 rings (SSSR count). The normalized spacial score (nSPS) is 13.6. The molecule has 0 aromatic heterocycles. The highest BCUT2D eigenvalue weighted by Crippen LogP contribution is 2.25. The molecular weight excluding hydrogens is 234 g/mol. The SMILES string of the molecule is O=C(O)CNC(=O)Oc1ccc2c(c1)CCCC2. The van der Waals surface area contributed by atoms with E-state index in [4.69, 9.17) is 9.84 Å². The number of benzene rings is 1. The van der Waals surface area contributed by atoms with Crippen molar-refractivity contribution in [3.63, 3.8) is 0 Å². The Kier molecular flexibility index (Phi) is 3.82. The van der Waals surface area contributed by atoms with E-state index in [1.807, 2.05) is 12.1 Å². The second kappa shape index (κ2) is 5.53. The molecule has 1 amide bonds. The van der Waals surface area contributed by atoms with E-state index in [0.29, 0.717) is 5.75 Å². The fourth-order valence-corrected chi connectivity index (χ4v) is 2.06.